The lowest BCUT2D eigenvalue weighted by atomic mass is 9.59. The number of ether oxygens (including phenoxy) is 6. The Morgan fingerprint density at radius 1 is 0.912 bits per heavy atom. The molecule has 1 saturated carbocycles. The molecule has 0 aromatic rings. The summed E-state index contributed by atoms with van der Waals surface area (Å²) in [5, 5.41) is 0. The van der Waals surface area contributed by atoms with Crippen molar-refractivity contribution in [2.75, 3.05) is 26.4 Å². The predicted octanol–water partition coefficient (Wildman–Crippen LogP) is 5.11. The van der Waals surface area contributed by atoms with Gasteiger partial charge in [-0.25, -0.2) is 9.59 Å². The van der Waals surface area contributed by atoms with Crippen LogP contribution in [0.3, 0.4) is 0 Å². The molecule has 0 radical (unpaired) electrons. The van der Waals surface area contributed by atoms with Gasteiger partial charge in [0.25, 0.3) is 0 Å². The first kappa shape index (κ1) is 23.2. The van der Waals surface area contributed by atoms with Crippen molar-refractivity contribution in [3.8, 4) is 0 Å². The highest BCUT2D eigenvalue weighted by Crippen LogP contribution is 2.53. The average Bonchev–Trinajstić information content (AvgIpc) is 3.78. The molecule has 2 heterocycles. The van der Waals surface area contributed by atoms with E-state index in [-0.39, 0.29) is 30.8 Å². The number of hydrogen-bond donors (Lipinski definition) is 0. The van der Waals surface area contributed by atoms with Gasteiger partial charge in [-0.05, 0) is 55.2 Å². The minimum Gasteiger partial charge on any atom is -0.431 e. The van der Waals surface area contributed by atoms with E-state index < -0.39 is 12.3 Å². The Morgan fingerprint density at radius 2 is 1.59 bits per heavy atom. The van der Waals surface area contributed by atoms with Crippen LogP contribution in [-0.4, -0.2) is 50.9 Å². The molecular formula is C26H32O8. The van der Waals surface area contributed by atoms with Crippen LogP contribution < -0.4 is 0 Å². The van der Waals surface area contributed by atoms with Crippen LogP contribution in [0.5, 0.6) is 0 Å². The van der Waals surface area contributed by atoms with Crippen molar-refractivity contribution < 1.29 is 38.0 Å². The van der Waals surface area contributed by atoms with Gasteiger partial charge in [0.15, 0.2) is 0 Å². The van der Waals surface area contributed by atoms with Gasteiger partial charge >= 0.3 is 12.3 Å². The molecule has 0 N–H and O–H groups in total. The van der Waals surface area contributed by atoms with E-state index in [0.717, 1.165) is 25.7 Å². The summed E-state index contributed by atoms with van der Waals surface area (Å²) in [6, 6.07) is 0. The second-order valence-electron chi connectivity index (χ2n) is 9.59. The Hall–Kier alpha value is -2.58. The van der Waals surface area contributed by atoms with Gasteiger partial charge in [0.2, 0.25) is 0 Å². The SMILES string of the molecule is O=C(OCC1CO1)OC1=CCC(C2(C3=CC=C(OC(=O)OCC4CO4)CC3)CCCCC2)C=C1. The first-order valence-corrected chi connectivity index (χ1v) is 12.3. The summed E-state index contributed by atoms with van der Waals surface area (Å²) in [5.74, 6) is 1.51. The van der Waals surface area contributed by atoms with Crippen LogP contribution in [0.2, 0.25) is 0 Å². The molecule has 8 nitrogen and oxygen atoms in total. The third-order valence-electron chi connectivity index (χ3n) is 7.27. The number of rotatable bonds is 8. The summed E-state index contributed by atoms with van der Waals surface area (Å²) in [5.41, 5.74) is 1.49. The van der Waals surface area contributed by atoms with E-state index in [0.29, 0.717) is 37.1 Å². The molecular weight excluding hydrogens is 440 g/mol. The molecule has 0 aromatic carbocycles. The zero-order chi connectivity index (χ0) is 23.4. The van der Waals surface area contributed by atoms with Gasteiger partial charge in [-0.3, -0.25) is 0 Å². The van der Waals surface area contributed by atoms with Crippen LogP contribution in [-0.2, 0) is 28.4 Å². The Kier molecular flexibility index (Phi) is 7.06. The molecule has 0 aromatic heterocycles. The quantitative estimate of drug-likeness (QED) is 0.355. The molecule has 0 bridgehead atoms. The summed E-state index contributed by atoms with van der Waals surface area (Å²) in [7, 11) is 0. The van der Waals surface area contributed by atoms with Crippen molar-refractivity contribution in [1.29, 1.82) is 0 Å². The van der Waals surface area contributed by atoms with E-state index in [9.17, 15) is 9.59 Å². The predicted molar refractivity (Wildman–Crippen MR) is 121 cm³/mol. The molecule has 3 fully saturated rings. The summed E-state index contributed by atoms with van der Waals surface area (Å²) in [6.07, 6.45) is 17.1. The van der Waals surface area contributed by atoms with Crippen LogP contribution >= 0.6 is 0 Å². The van der Waals surface area contributed by atoms with Gasteiger partial charge in [-0.15, -0.1) is 0 Å². The van der Waals surface area contributed by atoms with Crippen LogP contribution in [0.4, 0.5) is 9.59 Å². The standard InChI is InChI=1S/C26H32O8/c27-24(31-16-22-14-29-22)33-20-8-4-18(5-9-20)26(12-2-1-3-13-26)19-6-10-21(11-7-19)34-25(28)32-17-23-15-30-23/h4,6,8-10,18,22-23H,1-3,5,7,11-17H2. The largest absolute Gasteiger partial charge is 0.513 e. The van der Waals surface area contributed by atoms with Gasteiger partial charge < -0.3 is 28.4 Å². The minimum atomic E-state index is -0.687. The Labute approximate surface area is 199 Å². The minimum absolute atomic E-state index is 0.0192. The maximum Gasteiger partial charge on any atom is 0.513 e. The van der Waals surface area contributed by atoms with Crippen molar-refractivity contribution in [1.82, 2.24) is 0 Å². The molecule has 3 atom stereocenters. The number of carbonyl (C=O) groups excluding carboxylic acids is 2. The van der Waals surface area contributed by atoms with Crippen molar-refractivity contribution in [3.05, 3.63) is 47.5 Å². The number of hydrogen-bond acceptors (Lipinski definition) is 8. The van der Waals surface area contributed by atoms with Gasteiger partial charge in [0.05, 0.1) is 13.2 Å². The normalized spacial score (nSPS) is 29.2. The fraction of sp³-hybridized carbons (Fsp3) is 0.615. The van der Waals surface area contributed by atoms with Crippen molar-refractivity contribution in [3.63, 3.8) is 0 Å². The van der Waals surface area contributed by atoms with Gasteiger partial charge in [0, 0.05) is 6.42 Å². The molecule has 2 saturated heterocycles. The Morgan fingerprint density at radius 3 is 2.15 bits per heavy atom. The van der Waals surface area contributed by atoms with E-state index >= 15 is 0 Å². The zero-order valence-corrected chi connectivity index (χ0v) is 19.4. The monoisotopic (exact) mass is 472 g/mol. The number of allylic oxidation sites excluding steroid dienone is 7. The average molecular weight is 473 g/mol. The summed E-state index contributed by atoms with van der Waals surface area (Å²) in [4.78, 5) is 23.8. The lowest BCUT2D eigenvalue weighted by Gasteiger charge is -2.46. The van der Waals surface area contributed by atoms with E-state index in [1.54, 1.807) is 0 Å². The highest BCUT2D eigenvalue weighted by atomic mass is 16.7. The third-order valence-corrected chi connectivity index (χ3v) is 7.27. The molecule has 0 spiro atoms. The van der Waals surface area contributed by atoms with Gasteiger partial charge in [-0.1, -0.05) is 37.0 Å². The van der Waals surface area contributed by atoms with E-state index in [4.69, 9.17) is 28.4 Å². The highest BCUT2D eigenvalue weighted by molar-refractivity contribution is 5.62. The zero-order valence-electron chi connectivity index (χ0n) is 19.4. The molecule has 3 unspecified atom stereocenters. The first-order valence-electron chi connectivity index (χ1n) is 12.3. The molecule has 8 heteroatoms. The molecule has 5 rings (SSSR count). The van der Waals surface area contributed by atoms with E-state index in [1.165, 1.54) is 24.8 Å². The number of carbonyl (C=O) groups is 2. The Bertz CT molecular complexity index is 900. The lowest BCUT2D eigenvalue weighted by Crippen LogP contribution is -2.35. The molecule has 0 amide bonds. The molecule has 5 aliphatic rings. The van der Waals surface area contributed by atoms with Gasteiger partial charge in [0.1, 0.15) is 36.9 Å². The second-order valence-corrected chi connectivity index (χ2v) is 9.59. The lowest BCUT2D eigenvalue weighted by molar-refractivity contribution is 0.0686. The highest BCUT2D eigenvalue weighted by Gasteiger charge is 2.42. The van der Waals surface area contributed by atoms with Crippen LogP contribution in [0.15, 0.2) is 47.5 Å². The van der Waals surface area contributed by atoms with Crippen molar-refractivity contribution in [2.45, 2.75) is 63.6 Å². The fourth-order valence-electron chi connectivity index (χ4n) is 5.23. The summed E-state index contributed by atoms with van der Waals surface area (Å²) in [6.45, 7) is 1.76. The molecule has 2 aliphatic heterocycles. The fourth-order valence-corrected chi connectivity index (χ4v) is 5.23. The molecule has 184 valence electrons. The van der Waals surface area contributed by atoms with Crippen molar-refractivity contribution in [2.24, 2.45) is 11.3 Å². The second kappa shape index (κ2) is 10.4. The third kappa shape index (κ3) is 5.91. The van der Waals surface area contributed by atoms with Crippen LogP contribution in [0.1, 0.15) is 51.4 Å². The summed E-state index contributed by atoms with van der Waals surface area (Å²) >= 11 is 0. The van der Waals surface area contributed by atoms with Crippen LogP contribution in [0.25, 0.3) is 0 Å². The number of epoxide rings is 2. The maximum atomic E-state index is 11.9. The molecule has 34 heavy (non-hydrogen) atoms. The smallest absolute Gasteiger partial charge is 0.431 e. The van der Waals surface area contributed by atoms with Crippen LogP contribution in [0, 0.1) is 11.3 Å². The van der Waals surface area contributed by atoms with E-state index in [1.807, 2.05) is 18.2 Å². The molecule has 3 aliphatic carbocycles. The van der Waals surface area contributed by atoms with Gasteiger partial charge in [-0.2, -0.15) is 0 Å². The van der Waals surface area contributed by atoms with Crippen molar-refractivity contribution >= 4 is 12.3 Å². The first-order chi connectivity index (χ1) is 16.6. The van der Waals surface area contributed by atoms with E-state index in [2.05, 4.69) is 12.2 Å². The topological polar surface area (TPSA) is 96.1 Å². The summed E-state index contributed by atoms with van der Waals surface area (Å²) < 4.78 is 31.0. The Balaban J connectivity index is 1.19. The maximum absolute atomic E-state index is 11.9.